The van der Waals surface area contributed by atoms with Gasteiger partial charge in [0, 0.05) is 64.1 Å². The van der Waals surface area contributed by atoms with Crippen LogP contribution in [0.4, 0.5) is 10.6 Å². The van der Waals surface area contributed by atoms with Gasteiger partial charge < -0.3 is 10.6 Å². The molecule has 2 aromatic heterocycles. The van der Waals surface area contributed by atoms with Crippen molar-refractivity contribution < 1.29 is 9.59 Å². The molecule has 4 rings (SSSR count). The molecule has 2 atom stereocenters. The fraction of sp³-hybridized carbons (Fsp3) is 0.500. The van der Waals surface area contributed by atoms with E-state index in [4.69, 9.17) is 11.6 Å². The fourth-order valence-corrected chi connectivity index (χ4v) is 4.95. The van der Waals surface area contributed by atoms with Crippen LogP contribution in [0.15, 0.2) is 18.5 Å². The lowest BCUT2D eigenvalue weighted by Gasteiger charge is -2.28. The zero-order chi connectivity index (χ0) is 20.4. The molecule has 1 fully saturated rings. The first-order valence-corrected chi connectivity index (χ1v) is 11.4. The van der Waals surface area contributed by atoms with E-state index in [9.17, 15) is 9.59 Å². The number of amides is 2. The van der Waals surface area contributed by atoms with Gasteiger partial charge in [-0.2, -0.15) is 5.10 Å². The minimum Gasteiger partial charge on any atom is -0.345 e. The van der Waals surface area contributed by atoms with Crippen LogP contribution in [0.5, 0.6) is 0 Å². The summed E-state index contributed by atoms with van der Waals surface area (Å²) >= 11 is 8.16. The Morgan fingerprint density at radius 2 is 2.03 bits per heavy atom. The monoisotopic (exact) mass is 527 g/mol. The molecule has 7 nitrogen and oxygen atoms in total. The van der Waals surface area contributed by atoms with E-state index < -0.39 is 0 Å². The second kappa shape index (κ2) is 8.99. The van der Waals surface area contributed by atoms with Crippen molar-refractivity contribution in [2.45, 2.75) is 57.5 Å². The van der Waals surface area contributed by atoms with Gasteiger partial charge in [-0.25, -0.2) is 4.98 Å². The van der Waals surface area contributed by atoms with Crippen LogP contribution in [-0.2, 0) is 17.8 Å². The van der Waals surface area contributed by atoms with Crippen LogP contribution in [0.3, 0.4) is 0 Å². The average molecular weight is 528 g/mol. The zero-order valence-electron chi connectivity index (χ0n) is 16.0. The molecule has 0 unspecified atom stereocenters. The topological polar surface area (TPSA) is 88.9 Å². The molecule has 1 saturated carbocycles. The molecule has 2 aromatic rings. The Bertz CT molecular complexity index is 932. The summed E-state index contributed by atoms with van der Waals surface area (Å²) in [4.78, 5) is 28.4. The normalized spacial score (nSPS) is 21.3. The highest BCUT2D eigenvalue weighted by Gasteiger charge is 2.28. The van der Waals surface area contributed by atoms with Crippen molar-refractivity contribution in [1.29, 1.82) is 0 Å². The number of halogens is 2. The van der Waals surface area contributed by atoms with Gasteiger partial charge in [0.25, 0.3) is 3.91 Å². The Labute approximate surface area is 188 Å². The second-order valence-electron chi connectivity index (χ2n) is 7.70. The standard InChI is InChI=1S/C20H23ClIN5O2/c21-16-11-23-18(9-14(16)15-10-24-27-7-2-1-6-17(15)27)26-19(28)12-4-3-5-13(8-12)25-20(22)29/h9-13H,1-8H2,(H,25,29)(H,23,26,28)/t12-,13-/m0/s1. The second-order valence-corrected chi connectivity index (χ2v) is 9.09. The quantitative estimate of drug-likeness (QED) is 0.346. The summed E-state index contributed by atoms with van der Waals surface area (Å²) in [5, 5.41) is 10.9. The number of carbonyl (C=O) groups is 2. The van der Waals surface area contributed by atoms with E-state index in [0.29, 0.717) is 17.3 Å². The van der Waals surface area contributed by atoms with Gasteiger partial charge in [-0.15, -0.1) is 0 Å². The third-order valence-corrected chi connectivity index (χ3v) is 6.35. The number of pyridine rings is 1. The average Bonchev–Trinajstić information content (AvgIpc) is 3.13. The number of aryl methyl sites for hydroxylation is 1. The summed E-state index contributed by atoms with van der Waals surface area (Å²) in [5.41, 5.74) is 3.04. The molecule has 0 spiro atoms. The summed E-state index contributed by atoms with van der Waals surface area (Å²) in [5.74, 6) is 0.294. The number of nitrogens with zero attached hydrogens (tertiary/aromatic N) is 3. The Morgan fingerprint density at radius 1 is 1.17 bits per heavy atom. The van der Waals surface area contributed by atoms with Crippen LogP contribution in [-0.4, -0.2) is 30.6 Å². The Hall–Kier alpha value is -1.68. The zero-order valence-corrected chi connectivity index (χ0v) is 18.9. The maximum absolute atomic E-state index is 12.8. The predicted molar refractivity (Wildman–Crippen MR) is 120 cm³/mol. The summed E-state index contributed by atoms with van der Waals surface area (Å²) < 4.78 is 1.96. The molecule has 154 valence electrons. The third-order valence-electron chi connectivity index (χ3n) is 5.74. The molecule has 1 aliphatic carbocycles. The van der Waals surface area contributed by atoms with Crippen molar-refractivity contribution in [3.05, 3.63) is 29.2 Å². The molecule has 2 N–H and O–H groups in total. The number of carbonyl (C=O) groups excluding carboxylic acids is 2. The summed E-state index contributed by atoms with van der Waals surface area (Å²) in [6, 6.07) is 1.89. The molecule has 29 heavy (non-hydrogen) atoms. The van der Waals surface area contributed by atoms with E-state index in [2.05, 4.69) is 20.7 Å². The molecule has 2 aliphatic rings. The maximum Gasteiger partial charge on any atom is 0.280 e. The summed E-state index contributed by atoms with van der Waals surface area (Å²) in [6.45, 7) is 0.929. The number of fused-ring (bicyclic) bond motifs is 1. The maximum atomic E-state index is 12.8. The molecule has 9 heteroatoms. The fourth-order valence-electron chi connectivity index (χ4n) is 4.31. The van der Waals surface area contributed by atoms with Gasteiger partial charge in [-0.3, -0.25) is 14.3 Å². The third kappa shape index (κ3) is 4.74. The molecule has 1 aliphatic heterocycles. The van der Waals surface area contributed by atoms with E-state index in [1.807, 2.05) is 16.9 Å². The van der Waals surface area contributed by atoms with Crippen molar-refractivity contribution in [3.8, 4) is 11.1 Å². The number of hydrogen-bond acceptors (Lipinski definition) is 4. The van der Waals surface area contributed by atoms with Crippen LogP contribution in [0.25, 0.3) is 11.1 Å². The van der Waals surface area contributed by atoms with Gasteiger partial charge in [0.15, 0.2) is 0 Å². The Balaban J connectivity index is 1.50. The van der Waals surface area contributed by atoms with Gasteiger partial charge in [0.2, 0.25) is 5.91 Å². The van der Waals surface area contributed by atoms with Crippen LogP contribution in [0.1, 0.15) is 44.2 Å². The molecule has 0 aromatic carbocycles. The van der Waals surface area contributed by atoms with E-state index in [1.165, 1.54) is 5.69 Å². The number of aromatic nitrogens is 3. The first-order valence-electron chi connectivity index (χ1n) is 9.98. The van der Waals surface area contributed by atoms with Gasteiger partial charge in [-0.1, -0.05) is 18.0 Å². The molecular weight excluding hydrogens is 505 g/mol. The van der Waals surface area contributed by atoms with Crippen molar-refractivity contribution in [2.75, 3.05) is 5.32 Å². The lowest BCUT2D eigenvalue weighted by atomic mass is 9.85. The number of rotatable bonds is 4. The van der Waals surface area contributed by atoms with Crippen molar-refractivity contribution >= 4 is 49.8 Å². The van der Waals surface area contributed by atoms with Crippen molar-refractivity contribution in [2.24, 2.45) is 5.92 Å². The minimum atomic E-state index is -0.137. The molecule has 3 heterocycles. The van der Waals surface area contributed by atoms with E-state index in [0.717, 1.165) is 56.2 Å². The molecule has 2 amide bonds. The minimum absolute atomic E-state index is 0.0524. The number of anilines is 1. The lowest BCUT2D eigenvalue weighted by Crippen LogP contribution is -2.39. The highest BCUT2D eigenvalue weighted by Crippen LogP contribution is 2.34. The van der Waals surface area contributed by atoms with Crippen molar-refractivity contribution in [3.63, 3.8) is 0 Å². The van der Waals surface area contributed by atoms with Crippen LogP contribution >= 0.6 is 34.2 Å². The highest BCUT2D eigenvalue weighted by atomic mass is 127. The lowest BCUT2D eigenvalue weighted by molar-refractivity contribution is -0.121. The van der Waals surface area contributed by atoms with Gasteiger partial charge in [0.05, 0.1) is 11.2 Å². The van der Waals surface area contributed by atoms with Crippen molar-refractivity contribution in [1.82, 2.24) is 20.1 Å². The smallest absolute Gasteiger partial charge is 0.280 e. The molecule has 0 radical (unpaired) electrons. The number of hydrogen-bond donors (Lipinski definition) is 2. The summed E-state index contributed by atoms with van der Waals surface area (Å²) in [7, 11) is 0. The van der Waals surface area contributed by atoms with Crippen LogP contribution in [0.2, 0.25) is 5.02 Å². The SMILES string of the molecule is O=C(I)N[C@H]1CCC[C@H](C(=O)Nc2cc(-c3cnn4c3CCCC4)c(Cl)cn2)C1. The van der Waals surface area contributed by atoms with Gasteiger partial charge in [0.1, 0.15) is 5.82 Å². The predicted octanol–water partition coefficient (Wildman–Crippen LogP) is 4.58. The molecule has 0 bridgehead atoms. The Kier molecular flexibility index (Phi) is 6.38. The first kappa shape index (κ1) is 20.6. The van der Waals surface area contributed by atoms with Gasteiger partial charge in [-0.05, 0) is 44.6 Å². The largest absolute Gasteiger partial charge is 0.345 e. The van der Waals surface area contributed by atoms with E-state index >= 15 is 0 Å². The summed E-state index contributed by atoms with van der Waals surface area (Å²) in [6.07, 6.45) is 9.99. The van der Waals surface area contributed by atoms with Gasteiger partial charge >= 0.3 is 0 Å². The molecular formula is C20H23ClIN5O2. The molecule has 0 saturated heterocycles. The Morgan fingerprint density at radius 3 is 2.86 bits per heavy atom. The number of nitrogens with one attached hydrogen (secondary N) is 2. The van der Waals surface area contributed by atoms with Crippen LogP contribution in [0, 0.1) is 5.92 Å². The van der Waals surface area contributed by atoms with Crippen LogP contribution < -0.4 is 10.6 Å². The van der Waals surface area contributed by atoms with E-state index in [-0.39, 0.29) is 21.8 Å². The highest BCUT2D eigenvalue weighted by molar-refractivity contribution is 14.1. The van der Waals surface area contributed by atoms with E-state index in [1.54, 1.807) is 28.8 Å². The first-order chi connectivity index (χ1) is 14.0.